The van der Waals surface area contributed by atoms with Crippen molar-refractivity contribution in [2.45, 2.75) is 32.9 Å². The van der Waals surface area contributed by atoms with E-state index in [1.54, 1.807) is 0 Å². The zero-order valence-electron chi connectivity index (χ0n) is 11.3. The van der Waals surface area contributed by atoms with Crippen molar-refractivity contribution in [1.29, 1.82) is 0 Å². The highest BCUT2D eigenvalue weighted by molar-refractivity contribution is 7.11. The van der Waals surface area contributed by atoms with Crippen LogP contribution in [-0.4, -0.2) is 42.4 Å². The number of aliphatic hydroxyl groups is 1. The van der Waals surface area contributed by atoms with Crippen molar-refractivity contribution in [3.63, 3.8) is 0 Å². The number of ether oxygens (including phenoxy) is 1. The zero-order chi connectivity index (χ0) is 13.0. The maximum Gasteiger partial charge on any atom is 0.0900 e. The number of nitrogens with zero attached hydrogens (tertiary/aromatic N) is 1. The summed E-state index contributed by atoms with van der Waals surface area (Å²) >= 11 is 1.90. The van der Waals surface area contributed by atoms with Crippen molar-refractivity contribution in [2.75, 3.05) is 26.3 Å². The second-order valence-electron chi connectivity index (χ2n) is 5.43. The summed E-state index contributed by atoms with van der Waals surface area (Å²) in [4.78, 5) is 5.13. The molecular formula is C14H23NO2S. The van der Waals surface area contributed by atoms with Crippen LogP contribution < -0.4 is 0 Å². The lowest BCUT2D eigenvalue weighted by Crippen LogP contribution is -2.31. The predicted molar refractivity (Wildman–Crippen MR) is 75.0 cm³/mol. The number of β-amino-alcohol motifs (C(OH)–C–C–N with tert-alkyl or cyclic N) is 1. The van der Waals surface area contributed by atoms with E-state index in [9.17, 15) is 5.11 Å². The molecule has 0 bridgehead atoms. The molecule has 1 aromatic rings. The van der Waals surface area contributed by atoms with Crippen molar-refractivity contribution in [2.24, 2.45) is 5.92 Å². The number of hydrogen-bond donors (Lipinski definition) is 1. The van der Waals surface area contributed by atoms with Crippen molar-refractivity contribution >= 4 is 11.3 Å². The van der Waals surface area contributed by atoms with Gasteiger partial charge in [0.05, 0.1) is 19.3 Å². The van der Waals surface area contributed by atoms with E-state index in [1.807, 2.05) is 11.3 Å². The van der Waals surface area contributed by atoms with Gasteiger partial charge >= 0.3 is 0 Å². The van der Waals surface area contributed by atoms with Gasteiger partial charge in [0.15, 0.2) is 0 Å². The lowest BCUT2D eigenvalue weighted by molar-refractivity contribution is 0.0562. The van der Waals surface area contributed by atoms with Crippen LogP contribution in [0, 0.1) is 5.92 Å². The number of aliphatic hydroxyl groups excluding tert-OH is 1. The molecule has 0 amide bonds. The van der Waals surface area contributed by atoms with Gasteiger partial charge in [-0.3, -0.25) is 4.90 Å². The lowest BCUT2D eigenvalue weighted by Gasteiger charge is -2.19. The molecule has 18 heavy (non-hydrogen) atoms. The Kier molecular flexibility index (Phi) is 5.18. The Morgan fingerprint density at radius 2 is 2.22 bits per heavy atom. The van der Waals surface area contributed by atoms with Crippen LogP contribution in [0.2, 0.25) is 0 Å². The highest BCUT2D eigenvalue weighted by Crippen LogP contribution is 2.21. The van der Waals surface area contributed by atoms with Gasteiger partial charge in [-0.15, -0.1) is 11.3 Å². The Morgan fingerprint density at radius 1 is 1.44 bits per heavy atom. The van der Waals surface area contributed by atoms with Crippen molar-refractivity contribution in [1.82, 2.24) is 4.90 Å². The summed E-state index contributed by atoms with van der Waals surface area (Å²) in [5.74, 6) is 0.713. The van der Waals surface area contributed by atoms with Crippen LogP contribution in [0.3, 0.4) is 0 Å². The number of hydrogen-bond acceptors (Lipinski definition) is 4. The van der Waals surface area contributed by atoms with Gasteiger partial charge < -0.3 is 9.84 Å². The molecule has 0 radical (unpaired) electrons. The minimum absolute atomic E-state index is 0.345. The summed E-state index contributed by atoms with van der Waals surface area (Å²) < 4.78 is 5.34. The molecule has 0 saturated carbocycles. The molecule has 1 aliphatic heterocycles. The average molecular weight is 269 g/mol. The van der Waals surface area contributed by atoms with Crippen LogP contribution >= 0.6 is 11.3 Å². The summed E-state index contributed by atoms with van der Waals surface area (Å²) in [7, 11) is 0. The van der Waals surface area contributed by atoms with Crippen molar-refractivity contribution < 1.29 is 9.84 Å². The van der Waals surface area contributed by atoms with Gasteiger partial charge in [-0.1, -0.05) is 13.8 Å². The largest absolute Gasteiger partial charge is 0.389 e. The lowest BCUT2D eigenvalue weighted by atomic mass is 10.1. The molecule has 0 unspecified atom stereocenters. The molecule has 1 fully saturated rings. The third-order valence-corrected chi connectivity index (χ3v) is 4.13. The fourth-order valence-electron chi connectivity index (χ4n) is 2.24. The number of thiophene rings is 1. The normalized spacial score (nSPS) is 22.3. The van der Waals surface area contributed by atoms with Gasteiger partial charge in [-0.05, 0) is 24.5 Å². The molecule has 1 saturated heterocycles. The standard InChI is InChI=1S/C14H23NO2S/c1-11(2)7-13-3-4-14(18-13)9-15-5-6-17-10-12(16)8-15/h3-4,11-12,16H,5-10H2,1-2H3/t12-/m1/s1. The minimum Gasteiger partial charge on any atom is -0.389 e. The fourth-order valence-corrected chi connectivity index (χ4v) is 3.51. The van der Waals surface area contributed by atoms with Crippen LogP contribution in [0.1, 0.15) is 23.6 Å². The first kappa shape index (κ1) is 14.0. The van der Waals surface area contributed by atoms with Gasteiger partial charge in [0.1, 0.15) is 0 Å². The summed E-state index contributed by atoms with van der Waals surface area (Å²) in [6, 6.07) is 4.46. The highest BCUT2D eigenvalue weighted by atomic mass is 32.1. The highest BCUT2D eigenvalue weighted by Gasteiger charge is 2.17. The Hall–Kier alpha value is -0.420. The van der Waals surface area contributed by atoms with Gasteiger partial charge in [-0.25, -0.2) is 0 Å². The SMILES string of the molecule is CC(C)Cc1ccc(CN2CCOC[C@H](O)C2)s1. The molecule has 1 aromatic heterocycles. The molecule has 2 rings (SSSR count). The quantitative estimate of drug-likeness (QED) is 0.909. The van der Waals surface area contributed by atoms with Gasteiger partial charge in [0.2, 0.25) is 0 Å². The molecule has 0 aliphatic carbocycles. The van der Waals surface area contributed by atoms with E-state index in [4.69, 9.17) is 4.74 Å². The first-order valence-corrected chi connectivity index (χ1v) is 7.51. The molecule has 102 valence electrons. The summed E-state index contributed by atoms with van der Waals surface area (Å²) in [6.07, 6.45) is 0.818. The van der Waals surface area contributed by atoms with Gasteiger partial charge in [-0.2, -0.15) is 0 Å². The molecule has 2 heterocycles. The van der Waals surface area contributed by atoms with Crippen LogP contribution in [0.25, 0.3) is 0 Å². The van der Waals surface area contributed by atoms with E-state index in [0.29, 0.717) is 12.5 Å². The summed E-state index contributed by atoms with van der Waals surface area (Å²) in [6.45, 7) is 8.26. The predicted octanol–water partition coefficient (Wildman–Crippen LogP) is 2.14. The molecule has 0 spiro atoms. The smallest absolute Gasteiger partial charge is 0.0900 e. The van der Waals surface area contributed by atoms with Crippen LogP contribution in [0.5, 0.6) is 0 Å². The molecule has 1 atom stereocenters. The van der Waals surface area contributed by atoms with Crippen molar-refractivity contribution in [3.8, 4) is 0 Å². The topological polar surface area (TPSA) is 32.7 Å². The molecule has 3 nitrogen and oxygen atoms in total. The second kappa shape index (κ2) is 6.66. The third-order valence-electron chi connectivity index (χ3n) is 3.04. The summed E-state index contributed by atoms with van der Waals surface area (Å²) in [5, 5.41) is 9.70. The third kappa shape index (κ3) is 4.35. The number of rotatable bonds is 4. The minimum atomic E-state index is -0.345. The average Bonchev–Trinajstić information content (AvgIpc) is 2.59. The Bertz CT molecular complexity index is 364. The maximum atomic E-state index is 9.70. The molecule has 1 aliphatic rings. The van der Waals surface area contributed by atoms with Gasteiger partial charge in [0, 0.05) is 29.4 Å². The van der Waals surface area contributed by atoms with E-state index < -0.39 is 0 Å². The first-order valence-electron chi connectivity index (χ1n) is 6.69. The molecular weight excluding hydrogens is 246 g/mol. The molecule has 0 aromatic carbocycles. The van der Waals surface area contributed by atoms with E-state index in [1.165, 1.54) is 9.75 Å². The van der Waals surface area contributed by atoms with E-state index in [-0.39, 0.29) is 6.10 Å². The van der Waals surface area contributed by atoms with E-state index in [2.05, 4.69) is 30.9 Å². The van der Waals surface area contributed by atoms with Crippen LogP contribution in [-0.2, 0) is 17.7 Å². The zero-order valence-corrected chi connectivity index (χ0v) is 12.1. The summed E-state index contributed by atoms with van der Waals surface area (Å²) in [5.41, 5.74) is 0. The van der Waals surface area contributed by atoms with Gasteiger partial charge in [0.25, 0.3) is 0 Å². The maximum absolute atomic E-state index is 9.70. The van der Waals surface area contributed by atoms with E-state index in [0.717, 1.165) is 32.7 Å². The second-order valence-corrected chi connectivity index (χ2v) is 6.68. The Morgan fingerprint density at radius 3 is 3.00 bits per heavy atom. The first-order chi connectivity index (χ1) is 8.63. The Labute approximate surface area is 113 Å². The molecule has 1 N–H and O–H groups in total. The monoisotopic (exact) mass is 269 g/mol. The van der Waals surface area contributed by atoms with Crippen LogP contribution in [0.4, 0.5) is 0 Å². The Balaban J connectivity index is 1.89. The van der Waals surface area contributed by atoms with E-state index >= 15 is 0 Å². The molecule has 4 heteroatoms. The van der Waals surface area contributed by atoms with Crippen molar-refractivity contribution in [3.05, 3.63) is 21.9 Å². The van der Waals surface area contributed by atoms with Crippen LogP contribution in [0.15, 0.2) is 12.1 Å². The fraction of sp³-hybridized carbons (Fsp3) is 0.714.